The van der Waals surface area contributed by atoms with Crippen molar-refractivity contribution in [2.45, 2.75) is 33.2 Å². The molecular formula is C9H21N3O. The molecule has 0 aliphatic heterocycles. The van der Waals surface area contributed by atoms with Gasteiger partial charge in [0, 0.05) is 6.54 Å². The van der Waals surface area contributed by atoms with Crippen molar-refractivity contribution in [1.29, 1.82) is 0 Å². The Bertz CT molecular complexity index is 157. The van der Waals surface area contributed by atoms with Gasteiger partial charge in [-0.2, -0.15) is 0 Å². The highest BCUT2D eigenvalue weighted by Gasteiger charge is 2.11. The highest BCUT2D eigenvalue weighted by molar-refractivity contribution is 5.78. The lowest BCUT2D eigenvalue weighted by atomic mass is 10.1. The Morgan fingerprint density at radius 2 is 2.15 bits per heavy atom. The maximum Gasteiger partial charge on any atom is 0.188 e. The molecule has 0 heterocycles. The Hall–Kier alpha value is -0.770. The molecule has 0 aliphatic rings. The van der Waals surface area contributed by atoms with Gasteiger partial charge in [0.25, 0.3) is 0 Å². The first-order chi connectivity index (χ1) is 6.11. The minimum atomic E-state index is 0.000561. The van der Waals surface area contributed by atoms with Crippen LogP contribution in [0.4, 0.5) is 0 Å². The highest BCUT2D eigenvalue weighted by atomic mass is 16.3. The molecule has 0 saturated heterocycles. The topological polar surface area (TPSA) is 70.6 Å². The lowest BCUT2D eigenvalue weighted by molar-refractivity contribution is 0.226. The van der Waals surface area contributed by atoms with Gasteiger partial charge in [0.1, 0.15) is 0 Å². The molecule has 0 bridgehead atoms. The van der Waals surface area contributed by atoms with Crippen LogP contribution in [-0.2, 0) is 0 Å². The zero-order valence-corrected chi connectivity index (χ0v) is 8.75. The van der Waals surface area contributed by atoms with E-state index in [4.69, 9.17) is 10.8 Å². The van der Waals surface area contributed by atoms with Crippen molar-refractivity contribution >= 4 is 5.96 Å². The summed E-state index contributed by atoms with van der Waals surface area (Å²) < 4.78 is 0. The molecule has 0 radical (unpaired) electrons. The van der Waals surface area contributed by atoms with Crippen LogP contribution in [0, 0.1) is 5.92 Å². The Morgan fingerprint density at radius 1 is 1.54 bits per heavy atom. The lowest BCUT2D eigenvalue weighted by Crippen LogP contribution is -2.45. The molecule has 0 aromatic rings. The van der Waals surface area contributed by atoms with E-state index in [1.54, 1.807) is 0 Å². The summed E-state index contributed by atoms with van der Waals surface area (Å²) in [4.78, 5) is 4.08. The molecule has 0 aliphatic carbocycles. The van der Waals surface area contributed by atoms with Gasteiger partial charge in [0.2, 0.25) is 0 Å². The molecule has 78 valence electrons. The number of nitrogens with two attached hydrogens (primary N) is 1. The first kappa shape index (κ1) is 12.2. The van der Waals surface area contributed by atoms with Crippen LogP contribution in [0.1, 0.15) is 27.2 Å². The standard InChI is InChI=1S/C9H21N3O/c1-4-5-11-9(10)12-8(6-13)7(2)3/h7-8,13H,4-6H2,1-3H3,(H3,10,11,12). The maximum absolute atomic E-state index is 9.00. The van der Waals surface area contributed by atoms with Crippen LogP contribution < -0.4 is 11.1 Å². The average Bonchev–Trinajstić information content (AvgIpc) is 2.10. The Balaban J connectivity index is 3.92. The maximum atomic E-state index is 9.00. The van der Waals surface area contributed by atoms with E-state index in [0.29, 0.717) is 11.9 Å². The molecule has 4 nitrogen and oxygen atoms in total. The zero-order chi connectivity index (χ0) is 10.3. The van der Waals surface area contributed by atoms with Crippen molar-refractivity contribution in [2.75, 3.05) is 13.2 Å². The second kappa shape index (κ2) is 6.71. The molecule has 1 atom stereocenters. The molecule has 0 aromatic carbocycles. The average molecular weight is 187 g/mol. The number of rotatable bonds is 5. The van der Waals surface area contributed by atoms with Gasteiger partial charge in [-0.1, -0.05) is 20.8 Å². The fourth-order valence-corrected chi connectivity index (χ4v) is 0.891. The minimum absolute atomic E-state index is 0.000561. The van der Waals surface area contributed by atoms with Crippen LogP contribution in [0.25, 0.3) is 0 Å². The Morgan fingerprint density at radius 3 is 2.54 bits per heavy atom. The molecular weight excluding hydrogens is 166 g/mol. The number of nitrogens with one attached hydrogen (secondary N) is 1. The van der Waals surface area contributed by atoms with Gasteiger partial charge in [-0.05, 0) is 12.3 Å². The molecule has 0 fully saturated rings. The summed E-state index contributed by atoms with van der Waals surface area (Å²) in [6.45, 7) is 6.92. The van der Waals surface area contributed by atoms with E-state index in [-0.39, 0.29) is 12.6 Å². The number of aliphatic hydroxyl groups excluding tert-OH is 1. The SMILES string of the molecule is CCCN=C(N)NC(CO)C(C)C. The number of aliphatic imine (C=N–C) groups is 1. The van der Waals surface area contributed by atoms with Gasteiger partial charge < -0.3 is 16.2 Å². The molecule has 0 saturated carbocycles. The van der Waals surface area contributed by atoms with Crippen molar-refractivity contribution in [3.8, 4) is 0 Å². The second-order valence-electron chi connectivity index (χ2n) is 3.44. The van der Waals surface area contributed by atoms with Gasteiger partial charge in [-0.15, -0.1) is 0 Å². The lowest BCUT2D eigenvalue weighted by Gasteiger charge is -2.20. The molecule has 0 amide bonds. The predicted molar refractivity (Wildman–Crippen MR) is 55.6 cm³/mol. The number of hydrogen-bond donors (Lipinski definition) is 3. The highest BCUT2D eigenvalue weighted by Crippen LogP contribution is 1.99. The Kier molecular flexibility index (Phi) is 6.32. The molecule has 1 unspecified atom stereocenters. The van der Waals surface area contributed by atoms with Gasteiger partial charge in [0.15, 0.2) is 5.96 Å². The Labute approximate surface area is 80.2 Å². The number of aliphatic hydroxyl groups is 1. The summed E-state index contributed by atoms with van der Waals surface area (Å²) in [7, 11) is 0. The van der Waals surface area contributed by atoms with Crippen molar-refractivity contribution < 1.29 is 5.11 Å². The normalized spacial score (nSPS) is 14.7. The van der Waals surface area contributed by atoms with Crippen molar-refractivity contribution in [1.82, 2.24) is 5.32 Å². The van der Waals surface area contributed by atoms with Crippen molar-refractivity contribution in [3.05, 3.63) is 0 Å². The summed E-state index contributed by atoms with van der Waals surface area (Å²) in [5.74, 6) is 0.773. The molecule has 0 rings (SSSR count). The van der Waals surface area contributed by atoms with Crippen LogP contribution in [0.2, 0.25) is 0 Å². The van der Waals surface area contributed by atoms with Crippen molar-refractivity contribution in [2.24, 2.45) is 16.6 Å². The van der Waals surface area contributed by atoms with Crippen LogP contribution >= 0.6 is 0 Å². The molecule has 4 heteroatoms. The fraction of sp³-hybridized carbons (Fsp3) is 0.889. The van der Waals surface area contributed by atoms with Gasteiger partial charge in [-0.3, -0.25) is 4.99 Å². The van der Waals surface area contributed by atoms with Crippen LogP contribution in [0.3, 0.4) is 0 Å². The third-order valence-electron chi connectivity index (χ3n) is 1.84. The summed E-state index contributed by atoms with van der Waals surface area (Å²) in [5, 5.41) is 12.0. The summed E-state index contributed by atoms with van der Waals surface area (Å²) in [5.41, 5.74) is 5.60. The largest absolute Gasteiger partial charge is 0.394 e. The quantitative estimate of drug-likeness (QED) is 0.429. The van der Waals surface area contributed by atoms with Crippen LogP contribution in [0.5, 0.6) is 0 Å². The van der Waals surface area contributed by atoms with E-state index in [9.17, 15) is 0 Å². The molecule has 0 spiro atoms. The van der Waals surface area contributed by atoms with Crippen LogP contribution in [0.15, 0.2) is 4.99 Å². The zero-order valence-electron chi connectivity index (χ0n) is 8.75. The molecule has 0 aromatic heterocycles. The molecule has 4 N–H and O–H groups in total. The van der Waals surface area contributed by atoms with E-state index in [2.05, 4.69) is 10.3 Å². The van der Waals surface area contributed by atoms with E-state index in [1.807, 2.05) is 20.8 Å². The van der Waals surface area contributed by atoms with Gasteiger partial charge in [0.05, 0.1) is 12.6 Å². The van der Waals surface area contributed by atoms with Gasteiger partial charge >= 0.3 is 0 Å². The second-order valence-corrected chi connectivity index (χ2v) is 3.44. The summed E-state index contributed by atoms with van der Waals surface area (Å²) in [6.07, 6.45) is 0.980. The fourth-order valence-electron chi connectivity index (χ4n) is 0.891. The predicted octanol–water partition coefficient (Wildman–Crippen LogP) is 0.318. The number of nitrogens with zero attached hydrogens (tertiary/aromatic N) is 1. The number of hydrogen-bond acceptors (Lipinski definition) is 2. The van der Waals surface area contributed by atoms with E-state index in [1.165, 1.54) is 0 Å². The van der Waals surface area contributed by atoms with Crippen LogP contribution in [-0.4, -0.2) is 30.3 Å². The van der Waals surface area contributed by atoms with Crippen molar-refractivity contribution in [3.63, 3.8) is 0 Å². The van der Waals surface area contributed by atoms with E-state index < -0.39 is 0 Å². The summed E-state index contributed by atoms with van der Waals surface area (Å²) in [6, 6.07) is 0.000561. The number of guanidine groups is 1. The first-order valence-electron chi connectivity index (χ1n) is 4.79. The third kappa shape index (κ3) is 5.47. The minimum Gasteiger partial charge on any atom is -0.394 e. The van der Waals surface area contributed by atoms with E-state index in [0.717, 1.165) is 13.0 Å². The van der Waals surface area contributed by atoms with Gasteiger partial charge in [-0.25, -0.2) is 0 Å². The third-order valence-corrected chi connectivity index (χ3v) is 1.84. The first-order valence-corrected chi connectivity index (χ1v) is 4.79. The molecule has 13 heavy (non-hydrogen) atoms. The smallest absolute Gasteiger partial charge is 0.188 e. The summed E-state index contributed by atoms with van der Waals surface area (Å²) >= 11 is 0. The van der Waals surface area contributed by atoms with E-state index >= 15 is 0 Å². The monoisotopic (exact) mass is 187 g/mol.